The van der Waals surface area contributed by atoms with Crippen LogP contribution in [0.2, 0.25) is 0 Å². The van der Waals surface area contributed by atoms with Crippen molar-refractivity contribution in [2.75, 3.05) is 36.9 Å². The minimum Gasteiger partial charge on any atom is -0.494 e. The van der Waals surface area contributed by atoms with E-state index in [1.54, 1.807) is 30.3 Å². The first-order valence-electron chi connectivity index (χ1n) is 13.0. The summed E-state index contributed by atoms with van der Waals surface area (Å²) < 4.78 is 48.9. The average molecular weight is 559 g/mol. The summed E-state index contributed by atoms with van der Waals surface area (Å²) in [7, 11) is 0. The molecule has 40 heavy (non-hydrogen) atoms. The van der Waals surface area contributed by atoms with Crippen LogP contribution in [0.5, 0.6) is 11.8 Å². The lowest BCUT2D eigenvalue weighted by Crippen LogP contribution is -2.43. The van der Waals surface area contributed by atoms with E-state index in [1.165, 1.54) is 0 Å². The molecular formula is C28H33F3N6O3. The van der Waals surface area contributed by atoms with Crippen LogP contribution in [0.3, 0.4) is 0 Å². The third-order valence-electron chi connectivity index (χ3n) is 6.12. The summed E-state index contributed by atoms with van der Waals surface area (Å²) in [5.74, 6) is 1.03. The third-order valence-corrected chi connectivity index (χ3v) is 6.12. The summed E-state index contributed by atoms with van der Waals surface area (Å²) >= 11 is 0. The van der Waals surface area contributed by atoms with Gasteiger partial charge >= 0.3 is 12.2 Å². The molecule has 3 aromatic rings. The molecule has 0 saturated heterocycles. The zero-order valence-corrected chi connectivity index (χ0v) is 22.4. The van der Waals surface area contributed by atoms with E-state index < -0.39 is 18.8 Å². The monoisotopic (exact) mass is 558 g/mol. The number of hydrogen-bond acceptors (Lipinski definition) is 8. The quantitative estimate of drug-likeness (QED) is 0.346. The molecule has 5 heterocycles. The Morgan fingerprint density at radius 3 is 2.42 bits per heavy atom. The second-order valence-corrected chi connectivity index (χ2v) is 10.0. The number of nitrogens with one attached hydrogen (secondary N) is 4. The van der Waals surface area contributed by atoms with Crippen LogP contribution in [0.4, 0.5) is 30.5 Å². The van der Waals surface area contributed by atoms with Crippen LogP contribution in [-0.2, 0) is 6.54 Å². The Labute approximate surface area is 230 Å². The van der Waals surface area contributed by atoms with Gasteiger partial charge in [-0.25, -0.2) is 0 Å². The fourth-order valence-corrected chi connectivity index (χ4v) is 3.91. The molecule has 7 rings (SSSR count). The molecule has 9 nitrogen and oxygen atoms in total. The van der Waals surface area contributed by atoms with Crippen molar-refractivity contribution < 1.29 is 27.4 Å². The van der Waals surface area contributed by atoms with Crippen LogP contribution < -0.4 is 30.7 Å². The van der Waals surface area contributed by atoms with Crippen molar-refractivity contribution in [1.29, 1.82) is 0 Å². The number of rotatable bonds is 2. The van der Waals surface area contributed by atoms with Crippen LogP contribution in [0.15, 0.2) is 54.6 Å². The average Bonchev–Trinajstić information content (AvgIpc) is 2.90. The number of nitrogens with zero attached hydrogens (tertiary/aromatic N) is 2. The topological polar surface area (TPSA) is 109 Å². The van der Waals surface area contributed by atoms with Crippen molar-refractivity contribution >= 4 is 23.2 Å². The molecule has 4 aliphatic heterocycles. The zero-order chi connectivity index (χ0) is 28.6. The molecule has 0 atom stereocenters. The first-order valence-corrected chi connectivity index (χ1v) is 13.0. The lowest BCUT2D eigenvalue weighted by molar-refractivity contribution is -0.154. The molecule has 0 aliphatic carbocycles. The van der Waals surface area contributed by atoms with Gasteiger partial charge in [-0.2, -0.15) is 23.1 Å². The smallest absolute Gasteiger partial charge is 0.422 e. The number of aromatic nitrogens is 2. The first-order chi connectivity index (χ1) is 19.0. The predicted molar refractivity (Wildman–Crippen MR) is 146 cm³/mol. The Bertz CT molecular complexity index is 1270. The molecule has 4 aliphatic rings. The van der Waals surface area contributed by atoms with Crippen LogP contribution in [0.1, 0.15) is 42.6 Å². The molecule has 1 amide bonds. The molecule has 0 unspecified atom stereocenters. The van der Waals surface area contributed by atoms with Crippen molar-refractivity contribution in [2.24, 2.45) is 0 Å². The number of carbonyl (C=O) groups excluding carboxylic acids is 1. The predicted octanol–water partition coefficient (Wildman–Crippen LogP) is 5.04. The molecule has 12 heteroatoms. The minimum atomic E-state index is -4.54. The van der Waals surface area contributed by atoms with Gasteiger partial charge in [-0.15, -0.1) is 0 Å². The summed E-state index contributed by atoms with van der Waals surface area (Å²) in [6.07, 6.45) is -2.98. The summed E-state index contributed by atoms with van der Waals surface area (Å²) in [4.78, 5) is 20.8. The maximum Gasteiger partial charge on any atom is 0.422 e. The van der Waals surface area contributed by atoms with E-state index in [0.29, 0.717) is 30.9 Å². The maximum absolute atomic E-state index is 12.8. The molecule has 0 saturated carbocycles. The summed E-state index contributed by atoms with van der Waals surface area (Å²) in [6, 6.07) is 15.4. The highest BCUT2D eigenvalue weighted by atomic mass is 19.4. The summed E-state index contributed by atoms with van der Waals surface area (Å²) in [5.41, 5.74) is 1.82. The molecule has 0 radical (unpaired) electrons. The van der Waals surface area contributed by atoms with E-state index in [-0.39, 0.29) is 23.1 Å². The van der Waals surface area contributed by atoms with Gasteiger partial charge in [0, 0.05) is 35.9 Å². The van der Waals surface area contributed by atoms with Crippen LogP contribution in [0, 0.1) is 0 Å². The van der Waals surface area contributed by atoms with Crippen molar-refractivity contribution in [3.8, 4) is 11.8 Å². The number of amides is 1. The van der Waals surface area contributed by atoms with Crippen LogP contribution >= 0.6 is 0 Å². The highest BCUT2D eigenvalue weighted by molar-refractivity contribution is 5.94. The summed E-state index contributed by atoms with van der Waals surface area (Å²) in [6.45, 7) is 4.84. The van der Waals surface area contributed by atoms with E-state index in [9.17, 15) is 18.0 Å². The van der Waals surface area contributed by atoms with Gasteiger partial charge in [0.2, 0.25) is 0 Å². The SMILES string of the molecule is CC1(C)CCNC(=O)c2ccc(cc2)Nc2cc(nc(OCC(F)(F)F)n2)NCc2ccc(cc2)OCCCN1. The lowest BCUT2D eigenvalue weighted by atomic mass is 10.0. The van der Waals surface area contributed by atoms with Crippen molar-refractivity contribution in [2.45, 2.75) is 44.9 Å². The largest absolute Gasteiger partial charge is 0.494 e. The molecule has 0 spiro atoms. The molecule has 0 fully saturated rings. The molecule has 1 aromatic heterocycles. The Balaban J connectivity index is 1.55. The minimum absolute atomic E-state index is 0.164. The zero-order valence-electron chi connectivity index (χ0n) is 22.4. The van der Waals surface area contributed by atoms with Crippen molar-refractivity contribution in [1.82, 2.24) is 20.6 Å². The van der Waals surface area contributed by atoms with Crippen molar-refractivity contribution in [3.05, 3.63) is 65.7 Å². The van der Waals surface area contributed by atoms with E-state index >= 15 is 0 Å². The Morgan fingerprint density at radius 2 is 1.70 bits per heavy atom. The number of ether oxygens (including phenoxy) is 2. The van der Waals surface area contributed by atoms with Crippen LogP contribution in [0.25, 0.3) is 0 Å². The highest BCUT2D eigenvalue weighted by Gasteiger charge is 2.29. The van der Waals surface area contributed by atoms with Gasteiger partial charge in [-0.05, 0) is 75.2 Å². The molecule has 4 N–H and O–H groups in total. The van der Waals surface area contributed by atoms with E-state index in [1.807, 2.05) is 24.3 Å². The van der Waals surface area contributed by atoms with Crippen molar-refractivity contribution in [3.63, 3.8) is 0 Å². The van der Waals surface area contributed by atoms with Gasteiger partial charge in [0.15, 0.2) is 6.61 Å². The number of anilines is 3. The van der Waals surface area contributed by atoms with Gasteiger partial charge in [-0.1, -0.05) is 12.1 Å². The Kier molecular flexibility index (Phi) is 9.30. The van der Waals surface area contributed by atoms with E-state index in [0.717, 1.165) is 30.7 Å². The first kappa shape index (κ1) is 28.9. The van der Waals surface area contributed by atoms with Crippen LogP contribution in [-0.4, -0.2) is 53.9 Å². The van der Waals surface area contributed by atoms with Gasteiger partial charge in [-0.3, -0.25) is 4.79 Å². The summed E-state index contributed by atoms with van der Waals surface area (Å²) in [5, 5.41) is 12.6. The maximum atomic E-state index is 12.8. The van der Waals surface area contributed by atoms with Gasteiger partial charge in [0.1, 0.15) is 17.4 Å². The number of halogens is 3. The molecule has 6 bridgehead atoms. The van der Waals surface area contributed by atoms with Gasteiger partial charge in [0.25, 0.3) is 5.91 Å². The highest BCUT2D eigenvalue weighted by Crippen LogP contribution is 2.23. The second kappa shape index (κ2) is 12.9. The Hall–Kier alpha value is -4.06. The van der Waals surface area contributed by atoms with E-state index in [2.05, 4.69) is 45.1 Å². The normalized spacial score (nSPS) is 16.6. The number of benzene rings is 2. The molecule has 2 aromatic carbocycles. The fourth-order valence-electron chi connectivity index (χ4n) is 3.91. The second-order valence-electron chi connectivity index (χ2n) is 10.0. The Morgan fingerprint density at radius 1 is 0.975 bits per heavy atom. The standard InChI is InChI=1S/C28H33F3N6O3/c1-27(2)12-14-32-25(38)20-6-8-21(9-7-20)35-24-16-23(36-26(37-24)40-18-28(29,30)31)33-17-19-4-10-22(11-5-19)39-15-3-13-34-27/h4-11,16,34H,3,12-15,17-18H2,1-2H3,(H,32,38)(H2,33,35,36,37). The molecule has 214 valence electrons. The fraction of sp³-hybridized carbons (Fsp3) is 0.393. The van der Waals surface area contributed by atoms with E-state index in [4.69, 9.17) is 9.47 Å². The number of hydrogen-bond donors (Lipinski definition) is 4. The third kappa shape index (κ3) is 9.30. The number of carbonyl (C=O) groups is 1. The van der Waals surface area contributed by atoms with Gasteiger partial charge < -0.3 is 30.7 Å². The molecular weight excluding hydrogens is 525 g/mol. The van der Waals surface area contributed by atoms with Gasteiger partial charge in [0.05, 0.1) is 6.61 Å². The number of alkyl halides is 3. The lowest BCUT2D eigenvalue weighted by Gasteiger charge is -2.26.